The van der Waals surface area contributed by atoms with Gasteiger partial charge in [0.05, 0.1) is 12.2 Å². The maximum atomic E-state index is 12.4. The van der Waals surface area contributed by atoms with Gasteiger partial charge < -0.3 is 15.4 Å². The Morgan fingerprint density at radius 1 is 1.21 bits per heavy atom. The van der Waals surface area contributed by atoms with Crippen LogP contribution < -0.4 is 10.6 Å². The average molecular weight is 471 g/mol. The standard InChI is InChI=1S/C24H30N4O4S/c1-5-32-21(31)14-6-8-16(9-7-14)25-19(29)13-17-20(30)26-22(33-17)28-27-18-12-15-10-11-24(18,4)23(15,2)3/h6-9,15,17H,5,10-13H2,1-4H3,(H,25,29)(H,26,28,30)/b27-18+/t15-,17-,24+/m1/s1. The third-order valence-corrected chi connectivity index (χ3v) is 8.67. The summed E-state index contributed by atoms with van der Waals surface area (Å²) >= 11 is 1.23. The van der Waals surface area contributed by atoms with Crippen LogP contribution in [-0.2, 0) is 14.3 Å². The second kappa shape index (κ2) is 8.93. The zero-order chi connectivity index (χ0) is 23.8. The topological polar surface area (TPSA) is 109 Å². The maximum absolute atomic E-state index is 12.4. The fourth-order valence-corrected chi connectivity index (χ4v) is 5.97. The first-order valence-electron chi connectivity index (χ1n) is 11.3. The van der Waals surface area contributed by atoms with E-state index in [9.17, 15) is 14.4 Å². The monoisotopic (exact) mass is 470 g/mol. The molecule has 1 aromatic carbocycles. The van der Waals surface area contributed by atoms with Crippen molar-refractivity contribution in [1.82, 2.24) is 5.32 Å². The molecule has 3 fully saturated rings. The first-order chi connectivity index (χ1) is 15.6. The molecule has 0 aromatic heterocycles. The Morgan fingerprint density at radius 2 is 1.94 bits per heavy atom. The molecule has 9 heteroatoms. The second-order valence-electron chi connectivity index (χ2n) is 9.59. The van der Waals surface area contributed by atoms with E-state index in [0.29, 0.717) is 28.9 Å². The van der Waals surface area contributed by atoms with Crippen molar-refractivity contribution in [3.8, 4) is 0 Å². The van der Waals surface area contributed by atoms with E-state index in [4.69, 9.17) is 4.74 Å². The van der Waals surface area contributed by atoms with Crippen LogP contribution in [0.15, 0.2) is 34.5 Å². The van der Waals surface area contributed by atoms with E-state index in [-0.39, 0.29) is 29.1 Å². The Hall–Kier alpha value is -2.68. The van der Waals surface area contributed by atoms with Crippen molar-refractivity contribution in [2.24, 2.45) is 27.0 Å². The molecule has 0 spiro atoms. The van der Waals surface area contributed by atoms with Gasteiger partial charge in [-0.25, -0.2) is 4.79 Å². The van der Waals surface area contributed by atoms with Crippen LogP contribution in [-0.4, -0.2) is 40.5 Å². The fourth-order valence-electron chi connectivity index (χ4n) is 5.06. The highest BCUT2D eigenvalue weighted by atomic mass is 32.2. The van der Waals surface area contributed by atoms with Gasteiger partial charge >= 0.3 is 5.97 Å². The van der Waals surface area contributed by atoms with Gasteiger partial charge in [0.1, 0.15) is 5.25 Å². The second-order valence-corrected chi connectivity index (χ2v) is 10.8. The number of carbonyl (C=O) groups is 3. The van der Waals surface area contributed by atoms with Gasteiger partial charge in [-0.1, -0.05) is 32.5 Å². The number of nitrogens with zero attached hydrogens (tertiary/aromatic N) is 2. The number of esters is 1. The number of thioether (sulfide) groups is 1. The molecule has 33 heavy (non-hydrogen) atoms. The van der Waals surface area contributed by atoms with Crippen molar-refractivity contribution >= 4 is 46.1 Å². The lowest BCUT2D eigenvalue weighted by Crippen LogP contribution is -2.32. The van der Waals surface area contributed by atoms with Crippen LogP contribution in [0.4, 0.5) is 5.69 Å². The normalized spacial score (nSPS) is 30.0. The van der Waals surface area contributed by atoms with Crippen LogP contribution in [0, 0.1) is 16.7 Å². The highest BCUT2D eigenvalue weighted by Crippen LogP contribution is 2.64. The van der Waals surface area contributed by atoms with Crippen molar-refractivity contribution in [2.45, 2.75) is 58.6 Å². The zero-order valence-electron chi connectivity index (χ0n) is 19.4. The summed E-state index contributed by atoms with van der Waals surface area (Å²) in [7, 11) is 0. The van der Waals surface area contributed by atoms with E-state index in [1.165, 1.54) is 18.2 Å². The van der Waals surface area contributed by atoms with Crippen LogP contribution in [0.5, 0.6) is 0 Å². The Kier molecular flexibility index (Phi) is 6.35. The smallest absolute Gasteiger partial charge is 0.338 e. The molecular weight excluding hydrogens is 440 g/mol. The first-order valence-corrected chi connectivity index (χ1v) is 12.2. The van der Waals surface area contributed by atoms with Gasteiger partial charge in [0.15, 0.2) is 5.17 Å². The first kappa shape index (κ1) is 23.5. The number of nitrogens with one attached hydrogen (secondary N) is 2. The lowest BCUT2D eigenvalue weighted by Gasteiger charge is -2.34. The van der Waals surface area contributed by atoms with Crippen molar-refractivity contribution in [3.05, 3.63) is 29.8 Å². The van der Waals surface area contributed by atoms with Crippen molar-refractivity contribution in [1.29, 1.82) is 0 Å². The van der Waals surface area contributed by atoms with Crippen molar-refractivity contribution in [3.63, 3.8) is 0 Å². The third-order valence-electron chi connectivity index (χ3n) is 7.60. The summed E-state index contributed by atoms with van der Waals surface area (Å²) in [5.74, 6) is -0.310. The molecular formula is C24H30N4O4S. The number of hydrogen-bond acceptors (Lipinski definition) is 7. The van der Waals surface area contributed by atoms with E-state index in [1.807, 2.05) is 0 Å². The number of anilines is 1. The fraction of sp³-hybridized carbons (Fsp3) is 0.542. The van der Waals surface area contributed by atoms with Gasteiger partial charge in [0.2, 0.25) is 11.8 Å². The van der Waals surface area contributed by atoms with Gasteiger partial charge in [0.25, 0.3) is 0 Å². The summed E-state index contributed by atoms with van der Waals surface area (Å²) in [5.41, 5.74) is 2.34. The number of ether oxygens (including phenoxy) is 1. The SMILES string of the molecule is CCOC(=O)c1ccc(NC(=O)C[C@H]2S/C(=N\N=C3/C[C@H]4CC[C@]3(C)C4(C)C)NC2=O)cc1. The molecule has 1 aromatic rings. The van der Waals surface area contributed by atoms with Crippen molar-refractivity contribution < 1.29 is 19.1 Å². The highest BCUT2D eigenvalue weighted by Gasteiger charge is 2.60. The molecule has 0 radical (unpaired) electrons. The molecule has 4 rings (SSSR count). The van der Waals surface area contributed by atoms with E-state index in [0.717, 1.165) is 18.6 Å². The summed E-state index contributed by atoms with van der Waals surface area (Å²) in [4.78, 5) is 36.5. The molecule has 3 aliphatic rings. The summed E-state index contributed by atoms with van der Waals surface area (Å²) in [6, 6.07) is 6.44. The van der Waals surface area contributed by atoms with Crippen LogP contribution in [0.2, 0.25) is 0 Å². The zero-order valence-corrected chi connectivity index (χ0v) is 20.3. The predicted molar refractivity (Wildman–Crippen MR) is 129 cm³/mol. The lowest BCUT2D eigenvalue weighted by molar-refractivity contribution is -0.122. The Labute approximate surface area is 198 Å². The molecule has 8 nitrogen and oxygen atoms in total. The van der Waals surface area contributed by atoms with Crippen LogP contribution in [0.1, 0.15) is 63.7 Å². The molecule has 1 aliphatic heterocycles. The number of rotatable bonds is 6. The summed E-state index contributed by atoms with van der Waals surface area (Å²) in [6.07, 6.45) is 3.32. The maximum Gasteiger partial charge on any atom is 0.338 e. The number of benzene rings is 1. The number of hydrogen-bond donors (Lipinski definition) is 2. The van der Waals surface area contributed by atoms with Gasteiger partial charge in [-0.05, 0) is 61.8 Å². The molecule has 2 bridgehead atoms. The molecule has 2 N–H and O–H groups in total. The van der Waals surface area contributed by atoms with Gasteiger partial charge in [-0.2, -0.15) is 5.10 Å². The van der Waals surface area contributed by atoms with Crippen LogP contribution >= 0.6 is 11.8 Å². The van der Waals surface area contributed by atoms with E-state index < -0.39 is 11.2 Å². The minimum Gasteiger partial charge on any atom is -0.462 e. The minimum atomic E-state index is -0.560. The minimum absolute atomic E-state index is 0.0124. The third kappa shape index (κ3) is 4.43. The van der Waals surface area contributed by atoms with Gasteiger partial charge in [-0.15, -0.1) is 5.10 Å². The lowest BCUT2D eigenvalue weighted by atomic mass is 9.70. The predicted octanol–water partition coefficient (Wildman–Crippen LogP) is 3.98. The van der Waals surface area contributed by atoms with Gasteiger partial charge in [0, 0.05) is 23.2 Å². The number of carbonyl (C=O) groups excluding carboxylic acids is 3. The molecule has 2 saturated carbocycles. The molecule has 1 heterocycles. The van der Waals surface area contributed by atoms with Gasteiger partial charge in [-0.3, -0.25) is 9.59 Å². The molecule has 176 valence electrons. The van der Waals surface area contributed by atoms with E-state index in [1.54, 1.807) is 31.2 Å². The molecule has 2 aliphatic carbocycles. The molecule has 3 atom stereocenters. The van der Waals surface area contributed by atoms with Crippen LogP contribution in [0.25, 0.3) is 0 Å². The summed E-state index contributed by atoms with van der Waals surface area (Å²) in [5, 5.41) is 14.2. The van der Waals surface area contributed by atoms with E-state index in [2.05, 4.69) is 41.6 Å². The number of amidine groups is 1. The average Bonchev–Trinajstić information content (AvgIpc) is 3.29. The Balaban J connectivity index is 1.33. The molecule has 0 unspecified atom stereocenters. The summed E-state index contributed by atoms with van der Waals surface area (Å²) < 4.78 is 4.95. The largest absolute Gasteiger partial charge is 0.462 e. The van der Waals surface area contributed by atoms with E-state index >= 15 is 0 Å². The Morgan fingerprint density at radius 3 is 2.55 bits per heavy atom. The summed E-state index contributed by atoms with van der Waals surface area (Å²) in [6.45, 7) is 8.93. The Bertz CT molecular complexity index is 1030. The highest BCUT2D eigenvalue weighted by molar-refractivity contribution is 8.15. The van der Waals surface area contributed by atoms with Crippen LogP contribution in [0.3, 0.4) is 0 Å². The number of amides is 2. The molecule has 1 saturated heterocycles. The number of fused-ring (bicyclic) bond motifs is 2. The van der Waals surface area contributed by atoms with Crippen molar-refractivity contribution in [2.75, 3.05) is 11.9 Å². The quantitative estimate of drug-likeness (QED) is 0.483. The molecule has 2 amide bonds.